The Balaban J connectivity index is 2.24. The number of carboxylic acids is 1. The summed E-state index contributed by atoms with van der Waals surface area (Å²) in [4.78, 5) is 22.1. The summed E-state index contributed by atoms with van der Waals surface area (Å²) >= 11 is 0. The van der Waals surface area contributed by atoms with Crippen LogP contribution in [0.2, 0.25) is 0 Å². The number of anilines is 2. The van der Waals surface area contributed by atoms with E-state index in [4.69, 9.17) is 0 Å². The number of nitro benzene ring substituents is 1. The van der Waals surface area contributed by atoms with Crippen molar-refractivity contribution in [2.24, 2.45) is 0 Å². The lowest BCUT2D eigenvalue weighted by Crippen LogP contribution is -2.09. The molecule has 0 bridgehead atoms. The molecule has 2 N–H and O–H groups in total. The molecule has 0 unspecified atom stereocenters. The summed E-state index contributed by atoms with van der Waals surface area (Å²) in [6, 6.07) is 11.3. The number of alkyl halides is 3. The highest BCUT2D eigenvalue weighted by atomic mass is 19.4. The van der Waals surface area contributed by atoms with Crippen molar-refractivity contribution >= 4 is 33.8 Å². The van der Waals surface area contributed by atoms with Crippen LogP contribution in [-0.4, -0.2) is 16.0 Å². The Hall–Kier alpha value is -3.62. The molecule has 3 rings (SSSR count). The van der Waals surface area contributed by atoms with E-state index in [2.05, 4.69) is 5.32 Å². The Bertz CT molecular complexity index is 1060. The molecule has 0 heterocycles. The van der Waals surface area contributed by atoms with Gasteiger partial charge in [-0.15, -0.1) is 0 Å². The second kappa shape index (κ2) is 6.60. The summed E-state index contributed by atoms with van der Waals surface area (Å²) in [7, 11) is 0. The van der Waals surface area contributed by atoms with Crippen molar-refractivity contribution in [3.63, 3.8) is 0 Å². The zero-order valence-corrected chi connectivity index (χ0v) is 13.4. The van der Waals surface area contributed by atoms with Gasteiger partial charge in [0.15, 0.2) is 0 Å². The lowest BCUT2D eigenvalue weighted by Gasteiger charge is -2.15. The van der Waals surface area contributed by atoms with Gasteiger partial charge in [0.25, 0.3) is 5.69 Å². The van der Waals surface area contributed by atoms with E-state index in [1.165, 1.54) is 12.1 Å². The van der Waals surface area contributed by atoms with Gasteiger partial charge in [0.05, 0.1) is 21.7 Å². The van der Waals surface area contributed by atoms with Crippen LogP contribution in [0.15, 0.2) is 54.6 Å². The summed E-state index contributed by atoms with van der Waals surface area (Å²) in [5, 5.41) is 24.2. The smallest absolute Gasteiger partial charge is 0.416 e. The molecule has 0 aliphatic rings. The average molecular weight is 376 g/mol. The summed E-state index contributed by atoms with van der Waals surface area (Å²) in [5.41, 5.74) is -2.37. The molecule has 9 heteroatoms. The number of hydrogen-bond donors (Lipinski definition) is 2. The number of nitrogens with one attached hydrogen (secondary N) is 1. The fourth-order valence-corrected chi connectivity index (χ4v) is 2.69. The zero-order chi connectivity index (χ0) is 19.8. The maximum Gasteiger partial charge on any atom is 0.416 e. The molecule has 0 aromatic heterocycles. The Morgan fingerprint density at radius 2 is 1.78 bits per heavy atom. The van der Waals surface area contributed by atoms with Gasteiger partial charge >= 0.3 is 12.1 Å². The van der Waals surface area contributed by atoms with E-state index in [1.54, 1.807) is 24.3 Å². The maximum atomic E-state index is 13.0. The van der Waals surface area contributed by atoms with Crippen LogP contribution in [0.1, 0.15) is 15.9 Å². The van der Waals surface area contributed by atoms with Gasteiger partial charge in [-0.1, -0.05) is 24.3 Å². The number of carboxylic acid groups (broad SMARTS) is 1. The molecule has 0 aliphatic heterocycles. The minimum absolute atomic E-state index is 0.0834. The highest BCUT2D eigenvalue weighted by molar-refractivity contribution is 6.02. The number of nitro groups is 1. The molecular weight excluding hydrogens is 365 g/mol. The standard InChI is InChI=1S/C18H11F3N2O4/c19-18(20,21)11-6-7-13(17(24)25)14(9-11)22-16-12-4-2-1-3-10(12)5-8-15(16)23(26)27/h1-9,22H,(H,24,25). The molecule has 0 aliphatic carbocycles. The Morgan fingerprint density at radius 1 is 1.07 bits per heavy atom. The number of rotatable bonds is 4. The minimum atomic E-state index is -4.70. The number of carbonyl (C=O) groups is 1. The van der Waals surface area contributed by atoms with E-state index >= 15 is 0 Å². The van der Waals surface area contributed by atoms with Crippen molar-refractivity contribution in [3.8, 4) is 0 Å². The van der Waals surface area contributed by atoms with Gasteiger partial charge in [0.2, 0.25) is 0 Å². The topological polar surface area (TPSA) is 92.5 Å². The first-order valence-corrected chi connectivity index (χ1v) is 7.56. The average Bonchev–Trinajstić information content (AvgIpc) is 2.60. The third-order valence-corrected chi connectivity index (χ3v) is 3.94. The number of nitrogens with zero attached hydrogens (tertiary/aromatic N) is 1. The summed E-state index contributed by atoms with van der Waals surface area (Å²) in [6.45, 7) is 0. The predicted molar refractivity (Wildman–Crippen MR) is 92.3 cm³/mol. The third-order valence-electron chi connectivity index (χ3n) is 3.94. The predicted octanol–water partition coefficient (Wildman–Crippen LogP) is 5.21. The highest BCUT2D eigenvalue weighted by Gasteiger charge is 2.32. The van der Waals surface area contributed by atoms with Gasteiger partial charge in [-0.3, -0.25) is 10.1 Å². The first kappa shape index (κ1) is 18.2. The Labute approximate surface area is 150 Å². The molecule has 6 nitrogen and oxygen atoms in total. The van der Waals surface area contributed by atoms with E-state index in [9.17, 15) is 33.2 Å². The Kier molecular flexibility index (Phi) is 4.44. The van der Waals surface area contributed by atoms with Crippen molar-refractivity contribution in [3.05, 3.63) is 75.8 Å². The second-order valence-electron chi connectivity index (χ2n) is 5.63. The molecule has 27 heavy (non-hydrogen) atoms. The van der Waals surface area contributed by atoms with Crippen molar-refractivity contribution in [2.45, 2.75) is 6.18 Å². The molecular formula is C18H11F3N2O4. The largest absolute Gasteiger partial charge is 0.478 e. The molecule has 0 atom stereocenters. The maximum absolute atomic E-state index is 13.0. The van der Waals surface area contributed by atoms with Crippen LogP contribution in [0.25, 0.3) is 10.8 Å². The van der Waals surface area contributed by atoms with E-state index in [-0.39, 0.29) is 11.4 Å². The molecule has 0 radical (unpaired) electrons. The summed E-state index contributed by atoms with van der Waals surface area (Å²) in [5.74, 6) is -1.46. The zero-order valence-electron chi connectivity index (χ0n) is 13.4. The van der Waals surface area contributed by atoms with Crippen LogP contribution >= 0.6 is 0 Å². The van der Waals surface area contributed by atoms with Crippen LogP contribution in [-0.2, 0) is 6.18 Å². The van der Waals surface area contributed by atoms with Gasteiger partial charge in [-0.2, -0.15) is 13.2 Å². The van der Waals surface area contributed by atoms with Crippen molar-refractivity contribution < 1.29 is 28.0 Å². The van der Waals surface area contributed by atoms with Crippen molar-refractivity contribution in [1.82, 2.24) is 0 Å². The van der Waals surface area contributed by atoms with Crippen LogP contribution in [0, 0.1) is 10.1 Å². The van der Waals surface area contributed by atoms with Gasteiger partial charge in [0, 0.05) is 11.5 Å². The van der Waals surface area contributed by atoms with Crippen molar-refractivity contribution in [1.29, 1.82) is 0 Å². The van der Waals surface area contributed by atoms with Gasteiger partial charge in [0.1, 0.15) is 5.69 Å². The first-order chi connectivity index (χ1) is 12.7. The summed E-state index contributed by atoms with van der Waals surface area (Å²) in [6.07, 6.45) is -4.70. The lowest BCUT2D eigenvalue weighted by atomic mass is 10.0. The van der Waals surface area contributed by atoms with E-state index in [0.717, 1.165) is 6.07 Å². The molecule has 0 saturated carbocycles. The van der Waals surface area contributed by atoms with E-state index in [0.29, 0.717) is 22.9 Å². The lowest BCUT2D eigenvalue weighted by molar-refractivity contribution is -0.383. The minimum Gasteiger partial charge on any atom is -0.478 e. The van der Waals surface area contributed by atoms with Gasteiger partial charge < -0.3 is 10.4 Å². The number of benzene rings is 3. The van der Waals surface area contributed by atoms with Gasteiger partial charge in [-0.25, -0.2) is 4.79 Å². The quantitative estimate of drug-likeness (QED) is 0.482. The fraction of sp³-hybridized carbons (Fsp3) is 0.0556. The SMILES string of the molecule is O=C(O)c1ccc(C(F)(F)F)cc1Nc1c([N+](=O)[O-])ccc2ccccc12. The second-order valence-corrected chi connectivity index (χ2v) is 5.63. The molecule has 3 aromatic carbocycles. The third kappa shape index (κ3) is 3.52. The van der Waals surface area contributed by atoms with Crippen molar-refractivity contribution in [2.75, 3.05) is 5.32 Å². The summed E-state index contributed by atoms with van der Waals surface area (Å²) < 4.78 is 39.0. The van der Waals surface area contributed by atoms with Crippen LogP contribution in [0.4, 0.5) is 30.2 Å². The number of halogens is 3. The Morgan fingerprint density at radius 3 is 2.41 bits per heavy atom. The molecule has 0 amide bonds. The molecule has 0 spiro atoms. The first-order valence-electron chi connectivity index (χ1n) is 7.56. The van der Waals surface area contributed by atoms with Crippen LogP contribution in [0.3, 0.4) is 0 Å². The van der Waals surface area contributed by atoms with Gasteiger partial charge in [-0.05, 0) is 29.7 Å². The number of fused-ring (bicyclic) bond motifs is 1. The number of hydrogen-bond acceptors (Lipinski definition) is 4. The molecule has 0 saturated heterocycles. The van der Waals surface area contributed by atoms with Crippen LogP contribution in [0.5, 0.6) is 0 Å². The number of aromatic carboxylic acids is 1. The highest BCUT2D eigenvalue weighted by Crippen LogP contribution is 2.38. The van der Waals surface area contributed by atoms with Crippen LogP contribution < -0.4 is 5.32 Å². The molecule has 3 aromatic rings. The van der Waals surface area contributed by atoms with E-state index in [1.807, 2.05) is 0 Å². The molecule has 138 valence electrons. The molecule has 0 fully saturated rings. The fourth-order valence-electron chi connectivity index (χ4n) is 2.69. The van der Waals surface area contributed by atoms with E-state index < -0.39 is 33.9 Å². The monoisotopic (exact) mass is 376 g/mol. The normalized spacial score (nSPS) is 11.4.